The van der Waals surface area contributed by atoms with Gasteiger partial charge >= 0.3 is 5.97 Å². The number of carboxylic acids is 1. The van der Waals surface area contributed by atoms with Crippen LogP contribution in [0.1, 0.15) is 0 Å². The van der Waals surface area contributed by atoms with E-state index in [0.717, 1.165) is 30.0 Å². The van der Waals surface area contributed by atoms with Gasteiger partial charge in [0.1, 0.15) is 5.82 Å². The first-order chi connectivity index (χ1) is 9.45. The van der Waals surface area contributed by atoms with Crippen LogP contribution in [0.3, 0.4) is 0 Å². The lowest BCUT2D eigenvalue weighted by Crippen LogP contribution is -1.97. The van der Waals surface area contributed by atoms with E-state index >= 15 is 0 Å². The van der Waals surface area contributed by atoms with Crippen molar-refractivity contribution in [1.29, 1.82) is 0 Å². The van der Waals surface area contributed by atoms with Gasteiger partial charge in [-0.15, -0.1) is 5.10 Å². The second-order valence-electron chi connectivity index (χ2n) is 3.60. The standard InChI is InChI=1S/C10H7FN4O4S/c11-6-1-5(2-7(3-6)15(18)19)9-12-10(14-13-9)20-4-8(16)17/h1-3H,4H2,(H,16,17)(H,12,13,14). The minimum Gasteiger partial charge on any atom is -0.481 e. The summed E-state index contributed by atoms with van der Waals surface area (Å²) in [4.78, 5) is 24.3. The first-order valence-electron chi connectivity index (χ1n) is 5.18. The van der Waals surface area contributed by atoms with Crippen LogP contribution in [0.5, 0.6) is 0 Å². The molecule has 0 unspecified atom stereocenters. The average Bonchev–Trinajstić information content (AvgIpc) is 2.84. The van der Waals surface area contributed by atoms with Crippen molar-refractivity contribution in [1.82, 2.24) is 15.2 Å². The molecular formula is C10H7FN4O4S. The fourth-order valence-electron chi connectivity index (χ4n) is 1.38. The van der Waals surface area contributed by atoms with Crippen molar-refractivity contribution in [2.45, 2.75) is 5.16 Å². The maximum absolute atomic E-state index is 13.3. The van der Waals surface area contributed by atoms with Crippen LogP contribution in [-0.2, 0) is 4.79 Å². The van der Waals surface area contributed by atoms with Gasteiger partial charge in [0.25, 0.3) is 5.69 Å². The maximum Gasteiger partial charge on any atom is 0.313 e. The van der Waals surface area contributed by atoms with E-state index in [0.29, 0.717) is 0 Å². The number of nitro benzene ring substituents is 1. The van der Waals surface area contributed by atoms with Gasteiger partial charge in [0, 0.05) is 11.6 Å². The van der Waals surface area contributed by atoms with Gasteiger partial charge in [-0.1, -0.05) is 11.8 Å². The van der Waals surface area contributed by atoms with Crippen LogP contribution < -0.4 is 0 Å². The molecule has 20 heavy (non-hydrogen) atoms. The normalized spacial score (nSPS) is 10.4. The molecular weight excluding hydrogens is 291 g/mol. The number of nitrogens with one attached hydrogen (secondary N) is 1. The SMILES string of the molecule is O=C(O)CSc1n[nH]c(-c2cc(F)cc([N+](=O)[O-])c2)n1. The smallest absolute Gasteiger partial charge is 0.313 e. The molecule has 0 amide bonds. The highest BCUT2D eigenvalue weighted by Gasteiger charge is 2.14. The number of halogens is 1. The molecule has 0 atom stereocenters. The third-order valence-corrected chi connectivity index (χ3v) is 2.99. The summed E-state index contributed by atoms with van der Waals surface area (Å²) in [6, 6.07) is 3.01. The van der Waals surface area contributed by atoms with E-state index in [1.54, 1.807) is 0 Å². The molecule has 0 aliphatic carbocycles. The largest absolute Gasteiger partial charge is 0.481 e. The molecule has 1 aromatic carbocycles. The van der Waals surface area contributed by atoms with E-state index in [-0.39, 0.29) is 22.3 Å². The lowest BCUT2D eigenvalue weighted by atomic mass is 10.2. The minimum atomic E-state index is -1.03. The number of carbonyl (C=O) groups is 1. The molecule has 1 heterocycles. The maximum atomic E-state index is 13.3. The summed E-state index contributed by atoms with van der Waals surface area (Å²) in [5.41, 5.74) is -0.248. The fourth-order valence-corrected chi connectivity index (χ4v) is 1.90. The fraction of sp³-hybridized carbons (Fsp3) is 0.100. The monoisotopic (exact) mass is 298 g/mol. The lowest BCUT2D eigenvalue weighted by molar-refractivity contribution is -0.385. The Morgan fingerprint density at radius 3 is 2.90 bits per heavy atom. The first kappa shape index (κ1) is 13.9. The van der Waals surface area contributed by atoms with Crippen molar-refractivity contribution in [3.63, 3.8) is 0 Å². The third kappa shape index (κ3) is 3.29. The summed E-state index contributed by atoms with van der Waals surface area (Å²) >= 11 is 0.878. The molecule has 0 aliphatic heterocycles. The number of hydrogen-bond donors (Lipinski definition) is 2. The van der Waals surface area contributed by atoms with Crippen LogP contribution in [-0.4, -0.2) is 36.9 Å². The number of carboxylic acid groups (broad SMARTS) is 1. The van der Waals surface area contributed by atoms with Crippen molar-refractivity contribution in [2.24, 2.45) is 0 Å². The second kappa shape index (κ2) is 5.65. The van der Waals surface area contributed by atoms with Crippen molar-refractivity contribution >= 4 is 23.4 Å². The Morgan fingerprint density at radius 1 is 1.50 bits per heavy atom. The summed E-state index contributed by atoms with van der Waals surface area (Å²) in [6.07, 6.45) is 0. The second-order valence-corrected chi connectivity index (χ2v) is 4.55. The number of aromatic nitrogens is 3. The van der Waals surface area contributed by atoms with Gasteiger partial charge in [-0.05, 0) is 6.07 Å². The van der Waals surface area contributed by atoms with Crippen molar-refractivity contribution in [2.75, 3.05) is 5.75 Å². The first-order valence-corrected chi connectivity index (χ1v) is 6.16. The number of thioether (sulfide) groups is 1. The topological polar surface area (TPSA) is 122 Å². The van der Waals surface area contributed by atoms with Crippen LogP contribution >= 0.6 is 11.8 Å². The van der Waals surface area contributed by atoms with Crippen molar-refractivity contribution in [3.8, 4) is 11.4 Å². The minimum absolute atomic E-state index is 0.125. The number of aliphatic carboxylic acids is 1. The highest BCUT2D eigenvalue weighted by atomic mass is 32.2. The van der Waals surface area contributed by atoms with Gasteiger partial charge in [0.2, 0.25) is 5.16 Å². The highest BCUT2D eigenvalue weighted by Crippen LogP contribution is 2.24. The summed E-state index contributed by atoms with van der Waals surface area (Å²) in [5, 5.41) is 25.5. The van der Waals surface area contributed by atoms with E-state index < -0.39 is 22.4 Å². The molecule has 0 saturated heterocycles. The molecule has 1 aromatic heterocycles. The van der Waals surface area contributed by atoms with E-state index in [1.165, 1.54) is 0 Å². The summed E-state index contributed by atoms with van der Waals surface area (Å²) in [6.45, 7) is 0. The zero-order valence-corrected chi connectivity index (χ0v) is 10.6. The molecule has 0 spiro atoms. The third-order valence-electron chi connectivity index (χ3n) is 2.16. The summed E-state index contributed by atoms with van der Waals surface area (Å²) in [5.74, 6) is -1.89. The van der Waals surface area contributed by atoms with Crippen LogP contribution in [0.2, 0.25) is 0 Å². The number of hydrogen-bond acceptors (Lipinski definition) is 6. The molecule has 104 valence electrons. The predicted molar refractivity (Wildman–Crippen MR) is 66.8 cm³/mol. The summed E-state index contributed by atoms with van der Waals surface area (Å²) < 4.78 is 13.3. The lowest BCUT2D eigenvalue weighted by Gasteiger charge is -1.97. The predicted octanol–water partition coefficient (Wildman–Crippen LogP) is 1.70. The van der Waals surface area contributed by atoms with Crippen molar-refractivity contribution in [3.05, 3.63) is 34.1 Å². The van der Waals surface area contributed by atoms with E-state index in [1.807, 2.05) is 0 Å². The number of rotatable bonds is 5. The number of benzene rings is 1. The van der Waals surface area contributed by atoms with Gasteiger partial charge in [-0.3, -0.25) is 20.0 Å². The molecule has 0 aliphatic rings. The van der Waals surface area contributed by atoms with E-state index in [4.69, 9.17) is 5.11 Å². The van der Waals surface area contributed by atoms with Crippen LogP contribution in [0.4, 0.5) is 10.1 Å². The van der Waals surface area contributed by atoms with Gasteiger partial charge in [0.05, 0.1) is 16.7 Å². The number of non-ortho nitro benzene ring substituents is 1. The van der Waals surface area contributed by atoms with Crippen molar-refractivity contribution < 1.29 is 19.2 Å². The molecule has 2 aromatic rings. The average molecular weight is 298 g/mol. The Bertz CT molecular complexity index is 675. The van der Waals surface area contributed by atoms with Gasteiger partial charge in [-0.2, -0.15) is 0 Å². The Labute approximate surface area is 115 Å². The molecule has 10 heteroatoms. The van der Waals surface area contributed by atoms with Crippen LogP contribution in [0.25, 0.3) is 11.4 Å². The molecule has 2 rings (SSSR count). The Balaban J connectivity index is 2.27. The number of H-pyrrole nitrogens is 1. The van der Waals surface area contributed by atoms with Gasteiger partial charge in [-0.25, -0.2) is 9.37 Å². The number of aromatic amines is 1. The zero-order valence-electron chi connectivity index (χ0n) is 9.74. The molecule has 0 saturated carbocycles. The number of nitrogens with zero attached hydrogens (tertiary/aromatic N) is 3. The van der Waals surface area contributed by atoms with Gasteiger partial charge < -0.3 is 5.11 Å². The Kier molecular flexibility index (Phi) is 3.94. The number of nitro groups is 1. The quantitative estimate of drug-likeness (QED) is 0.489. The molecule has 0 bridgehead atoms. The Morgan fingerprint density at radius 2 is 2.25 bits per heavy atom. The highest BCUT2D eigenvalue weighted by molar-refractivity contribution is 7.99. The summed E-state index contributed by atoms with van der Waals surface area (Å²) in [7, 11) is 0. The molecule has 8 nitrogen and oxygen atoms in total. The molecule has 2 N–H and O–H groups in total. The van der Waals surface area contributed by atoms with E-state index in [2.05, 4.69) is 15.2 Å². The van der Waals surface area contributed by atoms with Crippen LogP contribution in [0, 0.1) is 15.9 Å². The molecule has 0 radical (unpaired) electrons. The zero-order chi connectivity index (χ0) is 14.7. The van der Waals surface area contributed by atoms with Gasteiger partial charge in [0.15, 0.2) is 5.82 Å². The van der Waals surface area contributed by atoms with E-state index in [9.17, 15) is 19.3 Å². The van der Waals surface area contributed by atoms with Crippen LogP contribution in [0.15, 0.2) is 23.4 Å². The Hall–Kier alpha value is -2.49. The molecule has 0 fully saturated rings.